The van der Waals surface area contributed by atoms with E-state index in [0.29, 0.717) is 12.5 Å². The number of nitrogens with one attached hydrogen (secondary N) is 1. The largest absolute Gasteiger partial charge is 0.444 e. The fourth-order valence-electron chi connectivity index (χ4n) is 3.00. The highest BCUT2D eigenvalue weighted by Gasteiger charge is 2.22. The molecule has 1 unspecified atom stereocenters. The molecule has 0 aromatic carbocycles. The van der Waals surface area contributed by atoms with Crippen molar-refractivity contribution in [1.82, 2.24) is 25.1 Å². The molecule has 2 aromatic heterocycles. The van der Waals surface area contributed by atoms with Gasteiger partial charge in [-0.1, -0.05) is 27.7 Å². The molecule has 1 N–H and O–H groups in total. The summed E-state index contributed by atoms with van der Waals surface area (Å²) in [6.45, 7) is 11.2. The van der Waals surface area contributed by atoms with Crippen LogP contribution in [-0.2, 0) is 31.3 Å². The SMILES string of the molecule is CCc1nnc2n1CC(CNCc1ncc(C(C)(C)C)o1)CC2. The molecule has 1 atom stereocenters. The van der Waals surface area contributed by atoms with Crippen LogP contribution in [0.1, 0.15) is 57.4 Å². The number of nitrogens with zero attached hydrogens (tertiary/aromatic N) is 4. The van der Waals surface area contributed by atoms with Crippen molar-refractivity contribution in [2.24, 2.45) is 5.92 Å². The molecule has 6 nitrogen and oxygen atoms in total. The summed E-state index contributed by atoms with van der Waals surface area (Å²) in [5.41, 5.74) is 0.00992. The van der Waals surface area contributed by atoms with Crippen molar-refractivity contribution >= 4 is 0 Å². The van der Waals surface area contributed by atoms with Gasteiger partial charge in [0.05, 0.1) is 12.7 Å². The van der Waals surface area contributed by atoms with Gasteiger partial charge < -0.3 is 14.3 Å². The van der Waals surface area contributed by atoms with Gasteiger partial charge in [-0.05, 0) is 12.3 Å². The molecule has 126 valence electrons. The van der Waals surface area contributed by atoms with Gasteiger partial charge >= 0.3 is 0 Å². The predicted molar refractivity (Wildman–Crippen MR) is 88.1 cm³/mol. The standard InChI is InChI=1S/C17H27N5O/c1-5-14-20-21-15-7-6-12(11-22(14)15)8-18-10-16-19-9-13(23-16)17(2,3)4/h9,12,18H,5-8,10-11H2,1-4H3. The van der Waals surface area contributed by atoms with Crippen molar-refractivity contribution in [1.29, 1.82) is 0 Å². The molecule has 0 spiro atoms. The zero-order valence-corrected chi connectivity index (χ0v) is 14.6. The smallest absolute Gasteiger partial charge is 0.208 e. The minimum absolute atomic E-state index is 0.00992. The van der Waals surface area contributed by atoms with E-state index in [2.05, 4.69) is 52.8 Å². The molecule has 2 aromatic rings. The highest BCUT2D eigenvalue weighted by molar-refractivity contribution is 5.06. The third-order valence-corrected chi connectivity index (χ3v) is 4.44. The Hall–Kier alpha value is -1.69. The summed E-state index contributed by atoms with van der Waals surface area (Å²) >= 11 is 0. The Labute approximate surface area is 137 Å². The van der Waals surface area contributed by atoms with Gasteiger partial charge in [-0.25, -0.2) is 4.98 Å². The topological polar surface area (TPSA) is 68.8 Å². The summed E-state index contributed by atoms with van der Waals surface area (Å²) < 4.78 is 8.11. The Balaban J connectivity index is 1.51. The average Bonchev–Trinajstić information content (AvgIpc) is 3.13. The first kappa shape index (κ1) is 16.2. The summed E-state index contributed by atoms with van der Waals surface area (Å²) in [5.74, 6) is 4.56. The fraction of sp³-hybridized carbons (Fsp3) is 0.706. The number of fused-ring (bicyclic) bond motifs is 1. The zero-order valence-electron chi connectivity index (χ0n) is 14.6. The molecule has 1 aliphatic heterocycles. The normalized spacial score (nSPS) is 18.2. The lowest BCUT2D eigenvalue weighted by molar-refractivity contribution is 0.328. The van der Waals surface area contributed by atoms with Crippen LogP contribution in [0.2, 0.25) is 0 Å². The lowest BCUT2D eigenvalue weighted by Gasteiger charge is -2.24. The van der Waals surface area contributed by atoms with Crippen molar-refractivity contribution in [3.63, 3.8) is 0 Å². The van der Waals surface area contributed by atoms with E-state index in [1.165, 1.54) is 0 Å². The highest BCUT2D eigenvalue weighted by Crippen LogP contribution is 2.23. The quantitative estimate of drug-likeness (QED) is 0.917. The first-order valence-corrected chi connectivity index (χ1v) is 8.54. The molecule has 3 heterocycles. The molecule has 6 heteroatoms. The van der Waals surface area contributed by atoms with Gasteiger partial charge in [0.2, 0.25) is 5.89 Å². The maximum atomic E-state index is 5.82. The van der Waals surface area contributed by atoms with Gasteiger partial charge in [0.25, 0.3) is 0 Å². The van der Waals surface area contributed by atoms with Crippen LogP contribution in [0.15, 0.2) is 10.6 Å². The molecule has 1 aliphatic rings. The minimum atomic E-state index is 0.00992. The highest BCUT2D eigenvalue weighted by atomic mass is 16.4. The number of aryl methyl sites for hydroxylation is 2. The second-order valence-corrected chi connectivity index (χ2v) is 7.40. The summed E-state index contributed by atoms with van der Waals surface area (Å²) in [7, 11) is 0. The van der Waals surface area contributed by atoms with Crippen LogP contribution in [0.4, 0.5) is 0 Å². The predicted octanol–water partition coefficient (Wildman–Crippen LogP) is 2.48. The maximum Gasteiger partial charge on any atom is 0.208 e. The first-order chi connectivity index (χ1) is 11.0. The monoisotopic (exact) mass is 317 g/mol. The van der Waals surface area contributed by atoms with Crippen molar-refractivity contribution in [2.75, 3.05) is 6.54 Å². The summed E-state index contributed by atoms with van der Waals surface area (Å²) in [5, 5.41) is 12.0. The van der Waals surface area contributed by atoms with Crippen molar-refractivity contribution in [3.05, 3.63) is 29.5 Å². The van der Waals surface area contributed by atoms with E-state index in [-0.39, 0.29) is 5.41 Å². The van der Waals surface area contributed by atoms with Gasteiger partial charge in [-0.2, -0.15) is 0 Å². The summed E-state index contributed by atoms with van der Waals surface area (Å²) in [6, 6.07) is 0. The van der Waals surface area contributed by atoms with E-state index >= 15 is 0 Å². The second-order valence-electron chi connectivity index (χ2n) is 7.40. The third kappa shape index (κ3) is 3.63. The Morgan fingerprint density at radius 3 is 2.87 bits per heavy atom. The molecular weight excluding hydrogens is 290 g/mol. The molecule has 0 amide bonds. The van der Waals surface area contributed by atoms with Gasteiger partial charge in [-0.15, -0.1) is 10.2 Å². The lowest BCUT2D eigenvalue weighted by Crippen LogP contribution is -2.30. The Morgan fingerprint density at radius 1 is 1.35 bits per heavy atom. The first-order valence-electron chi connectivity index (χ1n) is 8.54. The van der Waals surface area contributed by atoms with Gasteiger partial charge in [0.1, 0.15) is 17.4 Å². The molecule has 0 saturated heterocycles. The molecule has 0 fully saturated rings. The van der Waals surface area contributed by atoms with E-state index in [4.69, 9.17) is 4.42 Å². The Kier molecular flexibility index (Phi) is 4.53. The van der Waals surface area contributed by atoms with E-state index < -0.39 is 0 Å². The van der Waals surface area contributed by atoms with Crippen molar-refractivity contribution in [3.8, 4) is 0 Å². The molecular formula is C17H27N5O. The number of oxazole rings is 1. The van der Waals surface area contributed by atoms with Crippen molar-refractivity contribution < 1.29 is 4.42 Å². The maximum absolute atomic E-state index is 5.82. The minimum Gasteiger partial charge on any atom is -0.444 e. The zero-order chi connectivity index (χ0) is 16.4. The van der Waals surface area contributed by atoms with Crippen molar-refractivity contribution in [2.45, 2.75) is 65.5 Å². The van der Waals surface area contributed by atoms with Crippen LogP contribution in [-0.4, -0.2) is 26.3 Å². The Bertz CT molecular complexity index is 639. The lowest BCUT2D eigenvalue weighted by atomic mass is 9.94. The fourth-order valence-corrected chi connectivity index (χ4v) is 3.00. The van der Waals surface area contributed by atoms with Crippen LogP contribution < -0.4 is 5.32 Å². The van der Waals surface area contributed by atoms with Crippen LogP contribution in [0.5, 0.6) is 0 Å². The van der Waals surface area contributed by atoms with E-state index in [1.54, 1.807) is 0 Å². The molecule has 3 rings (SSSR count). The second kappa shape index (κ2) is 6.43. The molecule has 0 aliphatic carbocycles. The Morgan fingerprint density at radius 2 is 2.17 bits per heavy atom. The molecule has 0 bridgehead atoms. The molecule has 0 saturated carbocycles. The van der Waals surface area contributed by atoms with Crippen LogP contribution in [0, 0.1) is 5.92 Å². The van der Waals surface area contributed by atoms with E-state index in [0.717, 1.165) is 55.7 Å². The number of hydrogen-bond acceptors (Lipinski definition) is 5. The summed E-state index contributed by atoms with van der Waals surface area (Å²) in [4.78, 5) is 4.37. The van der Waals surface area contributed by atoms with Crippen LogP contribution in [0.25, 0.3) is 0 Å². The number of rotatable bonds is 5. The average molecular weight is 317 g/mol. The van der Waals surface area contributed by atoms with Gasteiger partial charge in [-0.3, -0.25) is 0 Å². The van der Waals surface area contributed by atoms with Crippen LogP contribution >= 0.6 is 0 Å². The van der Waals surface area contributed by atoms with Gasteiger partial charge in [0.15, 0.2) is 0 Å². The van der Waals surface area contributed by atoms with E-state index in [1.807, 2.05) is 6.20 Å². The number of aromatic nitrogens is 4. The van der Waals surface area contributed by atoms with Gasteiger partial charge in [0, 0.05) is 31.3 Å². The number of hydrogen-bond donors (Lipinski definition) is 1. The van der Waals surface area contributed by atoms with Crippen LogP contribution in [0.3, 0.4) is 0 Å². The summed E-state index contributed by atoms with van der Waals surface area (Å²) in [6.07, 6.45) is 4.97. The van der Waals surface area contributed by atoms with E-state index in [9.17, 15) is 0 Å². The molecule has 0 radical (unpaired) electrons. The molecule has 23 heavy (non-hydrogen) atoms. The third-order valence-electron chi connectivity index (χ3n) is 4.44.